The number of methoxy groups -OCH3 is 2. The van der Waals surface area contributed by atoms with Crippen LogP contribution in [0.2, 0.25) is 0 Å². The molecule has 1 aliphatic heterocycles. The summed E-state index contributed by atoms with van der Waals surface area (Å²) in [6, 6.07) is 5.88. The normalized spacial score (nSPS) is 15.2. The molecule has 1 aromatic rings. The van der Waals surface area contributed by atoms with Gasteiger partial charge in [0.1, 0.15) is 0 Å². The zero-order valence-corrected chi connectivity index (χ0v) is 14.8. The van der Waals surface area contributed by atoms with Gasteiger partial charge in [0, 0.05) is 23.0 Å². The first-order valence-electron chi connectivity index (χ1n) is 7.62. The van der Waals surface area contributed by atoms with E-state index in [9.17, 15) is 19.7 Å². The van der Waals surface area contributed by atoms with Crippen molar-refractivity contribution in [2.45, 2.75) is 19.8 Å². The molecule has 2 rings (SSSR count). The van der Waals surface area contributed by atoms with Crippen LogP contribution in [-0.4, -0.2) is 36.1 Å². The molecule has 0 amide bonds. The van der Waals surface area contributed by atoms with E-state index in [0.29, 0.717) is 11.4 Å². The first kappa shape index (κ1) is 19.1. The van der Waals surface area contributed by atoms with E-state index in [1.807, 2.05) is 0 Å². The fraction of sp³-hybridized carbons (Fsp3) is 0.294. The summed E-state index contributed by atoms with van der Waals surface area (Å²) in [4.78, 5) is 35.8. The van der Waals surface area contributed by atoms with E-state index in [0.717, 1.165) is 0 Å². The largest absolute Gasteiger partial charge is 0.466 e. The smallest absolute Gasteiger partial charge is 0.336 e. The molecule has 0 bridgehead atoms. The highest BCUT2D eigenvalue weighted by molar-refractivity contribution is 6.00. The topological polar surface area (TPSA) is 125 Å². The fourth-order valence-corrected chi connectivity index (χ4v) is 3.03. The Hall–Kier alpha value is -3.20. The Labute approximate surface area is 149 Å². The highest BCUT2D eigenvalue weighted by Crippen LogP contribution is 2.44. The van der Waals surface area contributed by atoms with E-state index in [-0.39, 0.29) is 22.4 Å². The van der Waals surface area contributed by atoms with Crippen LogP contribution in [0.25, 0.3) is 0 Å². The quantitative estimate of drug-likeness (QED) is 0.372. The van der Waals surface area contributed by atoms with Gasteiger partial charge in [-0.05, 0) is 13.8 Å². The Morgan fingerprint density at radius 2 is 1.54 bits per heavy atom. The molecule has 138 valence electrons. The number of para-hydroxylation sites is 1. The van der Waals surface area contributed by atoms with E-state index < -0.39 is 22.8 Å². The van der Waals surface area contributed by atoms with Gasteiger partial charge in [0.05, 0.1) is 36.2 Å². The molecule has 0 saturated carbocycles. The second-order valence-electron chi connectivity index (χ2n) is 5.60. The Kier molecular flexibility index (Phi) is 5.41. The van der Waals surface area contributed by atoms with Crippen LogP contribution >= 0.6 is 0 Å². The number of benzene rings is 1. The first-order chi connectivity index (χ1) is 12.3. The number of rotatable bonds is 4. The number of hydrogen-bond acceptors (Lipinski definition) is 8. The van der Waals surface area contributed by atoms with E-state index in [2.05, 4.69) is 0 Å². The molecule has 26 heavy (non-hydrogen) atoms. The summed E-state index contributed by atoms with van der Waals surface area (Å²) >= 11 is 0. The van der Waals surface area contributed by atoms with Crippen molar-refractivity contribution in [2.75, 3.05) is 14.2 Å². The SMILES string of the molecule is COC(=O)C1=C(C)N(N)C(C)=C(C(=O)OC)C1c1ccccc1[N+](=O)[O-]. The van der Waals surface area contributed by atoms with Gasteiger partial charge in [-0.3, -0.25) is 15.1 Å². The van der Waals surface area contributed by atoms with E-state index in [4.69, 9.17) is 15.3 Å². The van der Waals surface area contributed by atoms with Crippen molar-refractivity contribution in [2.24, 2.45) is 5.84 Å². The molecule has 0 radical (unpaired) electrons. The molecule has 0 saturated heterocycles. The monoisotopic (exact) mass is 361 g/mol. The summed E-state index contributed by atoms with van der Waals surface area (Å²) in [5.41, 5.74) is 0.664. The molecule has 0 aliphatic carbocycles. The predicted octanol–water partition coefficient (Wildman–Crippen LogP) is 1.76. The van der Waals surface area contributed by atoms with Crippen molar-refractivity contribution in [3.05, 3.63) is 62.5 Å². The summed E-state index contributed by atoms with van der Waals surface area (Å²) in [7, 11) is 2.37. The van der Waals surface area contributed by atoms with Crippen molar-refractivity contribution in [3.8, 4) is 0 Å². The lowest BCUT2D eigenvalue weighted by Gasteiger charge is -2.34. The molecule has 1 aromatic carbocycles. The van der Waals surface area contributed by atoms with Crippen LogP contribution in [-0.2, 0) is 19.1 Å². The van der Waals surface area contributed by atoms with Gasteiger partial charge >= 0.3 is 11.9 Å². The Balaban J connectivity index is 2.87. The number of nitro groups is 1. The summed E-state index contributed by atoms with van der Waals surface area (Å²) in [6.07, 6.45) is 0. The van der Waals surface area contributed by atoms with Crippen LogP contribution in [0.1, 0.15) is 25.3 Å². The molecule has 0 atom stereocenters. The lowest BCUT2D eigenvalue weighted by atomic mass is 9.79. The van der Waals surface area contributed by atoms with E-state index in [1.54, 1.807) is 19.9 Å². The van der Waals surface area contributed by atoms with Gasteiger partial charge in [-0.25, -0.2) is 15.4 Å². The lowest BCUT2D eigenvalue weighted by molar-refractivity contribution is -0.385. The number of ether oxygens (including phenoxy) is 2. The highest BCUT2D eigenvalue weighted by atomic mass is 16.6. The van der Waals surface area contributed by atoms with Crippen molar-refractivity contribution < 1.29 is 24.0 Å². The molecule has 0 fully saturated rings. The molecule has 9 heteroatoms. The Bertz CT molecular complexity index is 803. The third-order valence-corrected chi connectivity index (χ3v) is 4.33. The van der Waals surface area contributed by atoms with Crippen LogP contribution in [0.3, 0.4) is 0 Å². The lowest BCUT2D eigenvalue weighted by Crippen LogP contribution is -2.38. The average molecular weight is 361 g/mol. The van der Waals surface area contributed by atoms with Crippen molar-refractivity contribution in [3.63, 3.8) is 0 Å². The Morgan fingerprint density at radius 3 is 1.96 bits per heavy atom. The van der Waals surface area contributed by atoms with Gasteiger partial charge in [-0.1, -0.05) is 18.2 Å². The maximum atomic E-state index is 12.4. The number of hydrazine groups is 1. The van der Waals surface area contributed by atoms with Gasteiger partial charge in [-0.2, -0.15) is 0 Å². The minimum Gasteiger partial charge on any atom is -0.466 e. The number of hydrogen-bond donors (Lipinski definition) is 1. The standard InChI is InChI=1S/C17H19N3O6/c1-9-13(16(21)25-3)15(11-7-5-6-8-12(11)20(23)24)14(17(22)26-4)10(2)19(9)18/h5-8,15H,18H2,1-4H3. The summed E-state index contributed by atoms with van der Waals surface area (Å²) < 4.78 is 9.67. The fourth-order valence-electron chi connectivity index (χ4n) is 3.03. The number of nitrogens with two attached hydrogens (primary N) is 1. The summed E-state index contributed by atoms with van der Waals surface area (Å²) in [5, 5.41) is 12.7. The van der Waals surface area contributed by atoms with Crippen molar-refractivity contribution in [1.29, 1.82) is 0 Å². The van der Waals surface area contributed by atoms with Crippen LogP contribution in [0.4, 0.5) is 5.69 Å². The molecular weight excluding hydrogens is 342 g/mol. The molecule has 2 N–H and O–H groups in total. The van der Waals surface area contributed by atoms with Crippen LogP contribution in [0.5, 0.6) is 0 Å². The van der Waals surface area contributed by atoms with E-state index in [1.165, 1.54) is 37.4 Å². The average Bonchev–Trinajstić information content (AvgIpc) is 2.64. The Morgan fingerprint density at radius 1 is 1.08 bits per heavy atom. The number of esters is 2. The van der Waals surface area contributed by atoms with Gasteiger partial charge in [0.15, 0.2) is 0 Å². The molecule has 0 unspecified atom stereocenters. The zero-order valence-electron chi connectivity index (χ0n) is 14.8. The number of nitro benzene ring substituents is 1. The molecule has 0 spiro atoms. The summed E-state index contributed by atoms with van der Waals surface area (Å²) in [6.45, 7) is 3.15. The number of carbonyl (C=O) groups is 2. The van der Waals surface area contributed by atoms with Crippen LogP contribution in [0, 0.1) is 10.1 Å². The van der Waals surface area contributed by atoms with Gasteiger partial charge in [-0.15, -0.1) is 0 Å². The second kappa shape index (κ2) is 7.36. The maximum Gasteiger partial charge on any atom is 0.336 e. The summed E-state index contributed by atoms with van der Waals surface area (Å²) in [5.74, 6) is 3.47. The third-order valence-electron chi connectivity index (χ3n) is 4.33. The molecule has 0 aromatic heterocycles. The second-order valence-corrected chi connectivity index (χ2v) is 5.60. The predicted molar refractivity (Wildman–Crippen MR) is 91.3 cm³/mol. The van der Waals surface area contributed by atoms with Gasteiger partial charge in [0.2, 0.25) is 0 Å². The number of nitrogens with zero attached hydrogens (tertiary/aromatic N) is 2. The molecule has 1 aliphatic rings. The molecular formula is C17H19N3O6. The van der Waals surface area contributed by atoms with E-state index >= 15 is 0 Å². The maximum absolute atomic E-state index is 12.4. The number of allylic oxidation sites excluding steroid dienone is 2. The third kappa shape index (κ3) is 3.04. The number of carbonyl (C=O) groups excluding carboxylic acids is 2. The zero-order chi connectivity index (χ0) is 19.6. The minimum absolute atomic E-state index is 0.0373. The van der Waals surface area contributed by atoms with Gasteiger partial charge in [0.25, 0.3) is 5.69 Å². The molecule has 1 heterocycles. The first-order valence-corrected chi connectivity index (χ1v) is 7.62. The van der Waals surface area contributed by atoms with Crippen molar-refractivity contribution >= 4 is 17.6 Å². The van der Waals surface area contributed by atoms with Crippen molar-refractivity contribution in [1.82, 2.24) is 5.01 Å². The molecule has 9 nitrogen and oxygen atoms in total. The van der Waals surface area contributed by atoms with Gasteiger partial charge < -0.3 is 9.47 Å². The van der Waals surface area contributed by atoms with Crippen LogP contribution in [0.15, 0.2) is 46.8 Å². The minimum atomic E-state index is -1.05. The van der Waals surface area contributed by atoms with Crippen LogP contribution < -0.4 is 5.84 Å². The highest BCUT2D eigenvalue weighted by Gasteiger charge is 2.42.